The second-order valence-corrected chi connectivity index (χ2v) is 2.01. The van der Waals surface area contributed by atoms with Crippen molar-refractivity contribution in [2.24, 2.45) is 5.18 Å². The Hall–Kier alpha value is -1.59. The van der Waals surface area contributed by atoms with Crippen LogP contribution in [0.2, 0.25) is 0 Å². The van der Waals surface area contributed by atoms with E-state index in [1.54, 1.807) is 0 Å². The SMILES string of the molecule is O=NCCc1[nH]c(=O)[nH]c1O. The zero-order valence-electron chi connectivity index (χ0n) is 5.63. The molecule has 0 amide bonds. The Labute approximate surface area is 61.2 Å². The first kappa shape index (κ1) is 7.52. The average molecular weight is 157 g/mol. The number of aromatic hydroxyl groups is 1. The van der Waals surface area contributed by atoms with Gasteiger partial charge in [-0.05, 0) is 0 Å². The standard InChI is InChI=1S/C5H7N3O3/c9-4-3(1-2-6-11)7-5(10)8-4/h9H,1-2H2,(H2,7,8,10). The number of imidazole rings is 1. The summed E-state index contributed by atoms with van der Waals surface area (Å²) in [5, 5.41) is 11.5. The highest BCUT2D eigenvalue weighted by atomic mass is 16.3. The molecule has 6 heteroatoms. The number of hydrogen-bond donors (Lipinski definition) is 3. The van der Waals surface area contributed by atoms with Crippen molar-refractivity contribution < 1.29 is 5.11 Å². The highest BCUT2D eigenvalue weighted by Crippen LogP contribution is 2.07. The van der Waals surface area contributed by atoms with Crippen LogP contribution in [0.3, 0.4) is 0 Å². The molecule has 0 saturated heterocycles. The van der Waals surface area contributed by atoms with Gasteiger partial charge in [-0.1, -0.05) is 5.18 Å². The van der Waals surface area contributed by atoms with Gasteiger partial charge in [0.05, 0.1) is 12.2 Å². The minimum absolute atomic E-state index is 0.0430. The van der Waals surface area contributed by atoms with Crippen LogP contribution in [-0.4, -0.2) is 21.6 Å². The summed E-state index contributed by atoms with van der Waals surface area (Å²) in [5.74, 6) is -0.223. The third kappa shape index (κ3) is 1.66. The molecule has 1 aromatic heterocycles. The molecular weight excluding hydrogens is 150 g/mol. The minimum Gasteiger partial charge on any atom is -0.493 e. The number of H-pyrrole nitrogens is 2. The predicted molar refractivity (Wildman–Crippen MR) is 37.4 cm³/mol. The molecule has 0 aliphatic heterocycles. The van der Waals surface area contributed by atoms with Crippen molar-refractivity contribution in [1.29, 1.82) is 0 Å². The molecule has 0 spiro atoms. The van der Waals surface area contributed by atoms with Crippen LogP contribution in [0, 0.1) is 4.91 Å². The predicted octanol–water partition coefficient (Wildman–Crippen LogP) is -0.283. The molecule has 0 fully saturated rings. The lowest BCUT2D eigenvalue weighted by Gasteiger charge is -1.89. The van der Waals surface area contributed by atoms with Crippen molar-refractivity contribution in [2.75, 3.05) is 6.54 Å². The van der Waals surface area contributed by atoms with Crippen LogP contribution in [0.5, 0.6) is 5.88 Å². The van der Waals surface area contributed by atoms with Gasteiger partial charge in [-0.3, -0.25) is 4.98 Å². The minimum atomic E-state index is -0.483. The Balaban J connectivity index is 2.77. The van der Waals surface area contributed by atoms with Crippen LogP contribution in [0.15, 0.2) is 9.97 Å². The number of aromatic amines is 2. The number of nitroso groups, excluding NO2 is 1. The fraction of sp³-hybridized carbons (Fsp3) is 0.400. The second-order valence-electron chi connectivity index (χ2n) is 2.01. The van der Waals surface area contributed by atoms with Gasteiger partial charge in [-0.25, -0.2) is 4.79 Å². The summed E-state index contributed by atoms with van der Waals surface area (Å²) in [5.41, 5.74) is -0.169. The summed E-state index contributed by atoms with van der Waals surface area (Å²) < 4.78 is 0. The van der Waals surface area contributed by atoms with Crippen molar-refractivity contribution in [3.05, 3.63) is 21.1 Å². The molecule has 1 aromatic rings. The molecule has 0 aliphatic carbocycles. The lowest BCUT2D eigenvalue weighted by Crippen LogP contribution is -2.01. The van der Waals surface area contributed by atoms with E-state index in [0.717, 1.165) is 0 Å². The van der Waals surface area contributed by atoms with Gasteiger partial charge in [0.2, 0.25) is 5.88 Å². The summed E-state index contributed by atoms with van der Waals surface area (Å²) in [6, 6.07) is 0. The topological polar surface area (TPSA) is 98.3 Å². The van der Waals surface area contributed by atoms with Crippen molar-refractivity contribution in [1.82, 2.24) is 9.97 Å². The van der Waals surface area contributed by atoms with Crippen LogP contribution < -0.4 is 5.69 Å². The summed E-state index contributed by atoms with van der Waals surface area (Å²) >= 11 is 0. The lowest BCUT2D eigenvalue weighted by atomic mass is 10.3. The van der Waals surface area contributed by atoms with Crippen LogP contribution in [0.4, 0.5) is 0 Å². The monoisotopic (exact) mass is 157 g/mol. The van der Waals surface area contributed by atoms with Gasteiger partial charge in [0.15, 0.2) is 0 Å². The average Bonchev–Trinajstić information content (AvgIpc) is 2.26. The maximum absolute atomic E-state index is 10.5. The van der Waals surface area contributed by atoms with Gasteiger partial charge in [0.1, 0.15) is 0 Å². The fourth-order valence-electron chi connectivity index (χ4n) is 0.749. The van der Waals surface area contributed by atoms with E-state index < -0.39 is 5.69 Å². The van der Waals surface area contributed by atoms with Crippen molar-refractivity contribution >= 4 is 0 Å². The molecule has 3 N–H and O–H groups in total. The molecule has 6 nitrogen and oxygen atoms in total. The molecule has 11 heavy (non-hydrogen) atoms. The van der Waals surface area contributed by atoms with Gasteiger partial charge >= 0.3 is 5.69 Å². The van der Waals surface area contributed by atoms with E-state index in [9.17, 15) is 9.70 Å². The zero-order chi connectivity index (χ0) is 8.27. The Morgan fingerprint density at radius 3 is 2.64 bits per heavy atom. The zero-order valence-corrected chi connectivity index (χ0v) is 5.63. The van der Waals surface area contributed by atoms with Crippen LogP contribution in [-0.2, 0) is 6.42 Å². The van der Waals surface area contributed by atoms with E-state index in [2.05, 4.69) is 15.1 Å². The van der Waals surface area contributed by atoms with E-state index >= 15 is 0 Å². The summed E-state index contributed by atoms with van der Waals surface area (Å²) in [6.07, 6.45) is 0.244. The smallest absolute Gasteiger partial charge is 0.325 e. The van der Waals surface area contributed by atoms with E-state index in [1.165, 1.54) is 0 Å². The molecule has 60 valence electrons. The molecule has 0 radical (unpaired) electrons. The van der Waals surface area contributed by atoms with Crippen molar-refractivity contribution in [3.8, 4) is 5.88 Å². The first-order valence-electron chi connectivity index (χ1n) is 3.03. The maximum Gasteiger partial charge on any atom is 0.325 e. The van der Waals surface area contributed by atoms with Gasteiger partial charge < -0.3 is 10.1 Å². The van der Waals surface area contributed by atoms with Crippen LogP contribution >= 0.6 is 0 Å². The Bertz CT molecular complexity index is 300. The van der Waals surface area contributed by atoms with Gasteiger partial charge in [0.25, 0.3) is 0 Å². The second kappa shape index (κ2) is 3.00. The van der Waals surface area contributed by atoms with Gasteiger partial charge in [-0.2, -0.15) is 4.91 Å². The van der Waals surface area contributed by atoms with E-state index in [-0.39, 0.29) is 18.8 Å². The number of nitrogens with one attached hydrogen (secondary N) is 2. The molecule has 0 bridgehead atoms. The highest BCUT2D eigenvalue weighted by Gasteiger charge is 2.03. The molecule has 0 atom stereocenters. The van der Waals surface area contributed by atoms with E-state index in [0.29, 0.717) is 5.69 Å². The van der Waals surface area contributed by atoms with Gasteiger partial charge in [-0.15, -0.1) is 0 Å². The molecule has 1 rings (SSSR count). The largest absolute Gasteiger partial charge is 0.493 e. The summed E-state index contributed by atoms with van der Waals surface area (Å²) in [6.45, 7) is 0.0430. The Kier molecular flexibility index (Phi) is 2.05. The highest BCUT2D eigenvalue weighted by molar-refractivity contribution is 5.15. The van der Waals surface area contributed by atoms with E-state index in [1.807, 2.05) is 0 Å². The number of aromatic nitrogens is 2. The third-order valence-corrected chi connectivity index (χ3v) is 1.24. The summed E-state index contributed by atoms with van der Waals surface area (Å²) in [7, 11) is 0. The number of hydrogen-bond acceptors (Lipinski definition) is 4. The number of rotatable bonds is 3. The first-order chi connectivity index (χ1) is 5.24. The fourth-order valence-corrected chi connectivity index (χ4v) is 0.749. The number of nitrogens with zero attached hydrogens (tertiary/aromatic N) is 1. The summed E-state index contributed by atoms with van der Waals surface area (Å²) in [4.78, 5) is 24.6. The molecule has 1 heterocycles. The maximum atomic E-state index is 10.5. The lowest BCUT2D eigenvalue weighted by molar-refractivity contribution is 0.448. The molecule has 0 unspecified atom stereocenters. The van der Waals surface area contributed by atoms with Crippen LogP contribution in [0.1, 0.15) is 5.69 Å². The van der Waals surface area contributed by atoms with Crippen molar-refractivity contribution in [3.63, 3.8) is 0 Å². The van der Waals surface area contributed by atoms with Gasteiger partial charge in [0, 0.05) is 6.42 Å². The Morgan fingerprint density at radius 2 is 2.18 bits per heavy atom. The quantitative estimate of drug-likeness (QED) is 0.526. The molecule has 0 aliphatic rings. The van der Waals surface area contributed by atoms with Crippen LogP contribution in [0.25, 0.3) is 0 Å². The Morgan fingerprint density at radius 1 is 1.45 bits per heavy atom. The first-order valence-corrected chi connectivity index (χ1v) is 3.03. The third-order valence-electron chi connectivity index (χ3n) is 1.24. The van der Waals surface area contributed by atoms with Crippen molar-refractivity contribution in [2.45, 2.75) is 6.42 Å². The molecular formula is C5H7N3O3. The normalized spacial score (nSPS) is 9.82. The molecule has 0 aromatic carbocycles. The molecule has 0 saturated carbocycles. The van der Waals surface area contributed by atoms with E-state index in [4.69, 9.17) is 5.11 Å².